The Morgan fingerprint density at radius 1 is 1.30 bits per heavy atom. The van der Waals surface area contributed by atoms with Crippen molar-refractivity contribution in [1.29, 1.82) is 0 Å². The highest BCUT2D eigenvalue weighted by Gasteiger charge is 2.55. The smallest absolute Gasteiger partial charge is 0.459 e. The van der Waals surface area contributed by atoms with Crippen molar-refractivity contribution in [3.05, 3.63) is 36.7 Å². The van der Waals surface area contributed by atoms with Gasteiger partial charge in [0.2, 0.25) is 11.8 Å². The highest BCUT2D eigenvalue weighted by Crippen LogP contribution is 2.48. The Morgan fingerprint density at radius 2 is 2.02 bits per heavy atom. The molecule has 4 N–H and O–H groups in total. The van der Waals surface area contributed by atoms with E-state index in [0.29, 0.717) is 12.1 Å². The van der Waals surface area contributed by atoms with Gasteiger partial charge in [-0.1, -0.05) is 32.0 Å². The van der Waals surface area contributed by atoms with Crippen LogP contribution in [-0.2, 0) is 23.4 Å². The number of nitrogens with one attached hydrogen (secondary N) is 1. The third-order valence-electron chi connectivity index (χ3n) is 6.68. The SMILES string of the molecule is C=N[C@]1(C)[C@H](O)[C@@H](COP(=O)(N[C@@H](C)C(=O)OCC(C)C)Oc2ccccc2)O[C@H]1n1cnc2c(OCC)nc(N)nc21. The minimum absolute atomic E-state index is 0.0458. The molecule has 2 aromatic heterocycles. The Balaban J connectivity index is 1.58. The van der Waals surface area contributed by atoms with E-state index in [9.17, 15) is 14.5 Å². The van der Waals surface area contributed by atoms with Crippen LogP contribution in [0, 0.1) is 5.92 Å². The second-order valence-electron chi connectivity index (χ2n) is 10.6. The summed E-state index contributed by atoms with van der Waals surface area (Å²) in [5, 5.41) is 14.0. The average molecular weight is 620 g/mol. The van der Waals surface area contributed by atoms with Crippen molar-refractivity contribution >= 4 is 37.5 Å². The molecule has 16 heteroatoms. The maximum absolute atomic E-state index is 14.0. The van der Waals surface area contributed by atoms with Crippen LogP contribution in [-0.4, -0.2) is 80.9 Å². The molecule has 3 aromatic rings. The van der Waals surface area contributed by atoms with E-state index in [1.165, 1.54) is 13.3 Å². The normalized spacial score (nSPS) is 24.0. The molecule has 1 aromatic carbocycles. The monoisotopic (exact) mass is 619 g/mol. The van der Waals surface area contributed by atoms with Gasteiger partial charge in [0, 0.05) is 0 Å². The molecule has 0 aliphatic carbocycles. The van der Waals surface area contributed by atoms with E-state index in [2.05, 4.69) is 31.7 Å². The van der Waals surface area contributed by atoms with Crippen molar-refractivity contribution in [3.8, 4) is 11.6 Å². The van der Waals surface area contributed by atoms with Gasteiger partial charge in [0.1, 0.15) is 29.5 Å². The summed E-state index contributed by atoms with van der Waals surface area (Å²) >= 11 is 0. The standard InChI is InChI=1S/C27H38N7O8P/c1-7-38-23-20-22(31-26(28)32-23)34(15-30-20)25-27(5,29-6)21(35)19(41-25)14-40-43(37,42-18-11-9-8-10-12-18)33-17(4)24(36)39-13-16(2)3/h8-12,15-17,19,21,25,35H,6-7,13-14H2,1-5H3,(H,33,37)(H2,28,31,32)/t17-,19+,21+,25+,27+,43?/m0/s1. The van der Waals surface area contributed by atoms with E-state index < -0.39 is 50.3 Å². The van der Waals surface area contributed by atoms with Crippen LogP contribution in [0.15, 0.2) is 41.7 Å². The summed E-state index contributed by atoms with van der Waals surface area (Å²) in [6, 6.07) is 7.28. The van der Waals surface area contributed by atoms with Gasteiger partial charge in [0.15, 0.2) is 17.4 Å². The topological polar surface area (TPSA) is 195 Å². The number of carbonyl (C=O) groups is 1. The molecular weight excluding hydrogens is 581 g/mol. The number of imidazole rings is 1. The van der Waals surface area contributed by atoms with Crippen molar-refractivity contribution in [1.82, 2.24) is 24.6 Å². The minimum atomic E-state index is -4.23. The number of hydrogen-bond donors (Lipinski definition) is 3. The van der Waals surface area contributed by atoms with Gasteiger partial charge in [0.25, 0.3) is 0 Å². The van der Waals surface area contributed by atoms with Crippen LogP contribution in [0.4, 0.5) is 5.95 Å². The Morgan fingerprint density at radius 3 is 2.67 bits per heavy atom. The maximum Gasteiger partial charge on any atom is 0.459 e. The number of aliphatic imine (C=N–C) groups is 1. The zero-order valence-electron chi connectivity index (χ0n) is 24.7. The second kappa shape index (κ2) is 13.3. The molecule has 0 bridgehead atoms. The lowest BCUT2D eigenvalue weighted by Gasteiger charge is -2.28. The Bertz CT molecular complexity index is 1470. The first kappa shape index (κ1) is 32.3. The van der Waals surface area contributed by atoms with E-state index in [1.807, 2.05) is 13.8 Å². The average Bonchev–Trinajstić information content (AvgIpc) is 3.49. The highest BCUT2D eigenvalue weighted by molar-refractivity contribution is 7.52. The summed E-state index contributed by atoms with van der Waals surface area (Å²) in [5.41, 5.74) is 5.22. The summed E-state index contributed by atoms with van der Waals surface area (Å²) in [5.74, 6) is -0.133. The minimum Gasteiger partial charge on any atom is -0.476 e. The number of aliphatic hydroxyl groups excluding tert-OH is 1. The molecule has 1 aliphatic heterocycles. The predicted octanol–water partition coefficient (Wildman–Crippen LogP) is 2.91. The van der Waals surface area contributed by atoms with Gasteiger partial charge in [-0.3, -0.25) is 18.9 Å². The first-order valence-corrected chi connectivity index (χ1v) is 15.3. The van der Waals surface area contributed by atoms with Crippen LogP contribution in [0.3, 0.4) is 0 Å². The number of nitrogens with zero attached hydrogens (tertiary/aromatic N) is 5. The summed E-state index contributed by atoms with van der Waals surface area (Å²) in [6.07, 6.45) is -1.88. The van der Waals surface area contributed by atoms with Gasteiger partial charge in [-0.15, -0.1) is 0 Å². The molecule has 1 unspecified atom stereocenters. The third-order valence-corrected chi connectivity index (χ3v) is 8.32. The zero-order chi connectivity index (χ0) is 31.4. The van der Waals surface area contributed by atoms with Gasteiger partial charge in [0.05, 0.1) is 26.1 Å². The molecule has 6 atom stereocenters. The third kappa shape index (κ3) is 7.13. The molecule has 3 heterocycles. The molecule has 4 rings (SSSR count). The number of fused-ring (bicyclic) bond motifs is 1. The lowest BCUT2D eigenvalue weighted by molar-refractivity contribution is -0.146. The van der Waals surface area contributed by atoms with Crippen molar-refractivity contribution < 1.29 is 37.7 Å². The maximum atomic E-state index is 14.0. The number of rotatable bonds is 14. The summed E-state index contributed by atoms with van der Waals surface area (Å²) in [4.78, 5) is 29.5. The lowest BCUT2D eigenvalue weighted by atomic mass is 9.93. The molecule has 0 spiro atoms. The van der Waals surface area contributed by atoms with Crippen LogP contribution >= 0.6 is 7.75 Å². The van der Waals surface area contributed by atoms with E-state index in [4.69, 9.17) is 29.0 Å². The van der Waals surface area contributed by atoms with Crippen LogP contribution in [0.2, 0.25) is 0 Å². The number of anilines is 1. The number of nitrogens with two attached hydrogens (primary N) is 1. The Kier molecular flexibility index (Phi) is 10.0. The Labute approximate surface area is 249 Å². The van der Waals surface area contributed by atoms with Crippen LogP contribution < -0.4 is 20.1 Å². The fourth-order valence-electron chi connectivity index (χ4n) is 4.41. The summed E-state index contributed by atoms with van der Waals surface area (Å²) in [7, 11) is -4.23. The Hall–Kier alpha value is -3.62. The van der Waals surface area contributed by atoms with Crippen molar-refractivity contribution in [2.45, 2.75) is 64.6 Å². The van der Waals surface area contributed by atoms with Crippen molar-refractivity contribution in [3.63, 3.8) is 0 Å². The van der Waals surface area contributed by atoms with Gasteiger partial charge in [-0.2, -0.15) is 15.1 Å². The van der Waals surface area contributed by atoms with E-state index in [-0.39, 0.29) is 35.7 Å². The van der Waals surface area contributed by atoms with Gasteiger partial charge in [-0.25, -0.2) is 9.55 Å². The van der Waals surface area contributed by atoms with E-state index in [0.717, 1.165) is 0 Å². The summed E-state index contributed by atoms with van der Waals surface area (Å²) < 4.78 is 44.0. The van der Waals surface area contributed by atoms with Crippen LogP contribution in [0.1, 0.15) is 40.8 Å². The van der Waals surface area contributed by atoms with E-state index >= 15 is 0 Å². The fraction of sp³-hybridized carbons (Fsp3) is 0.519. The zero-order valence-corrected chi connectivity index (χ0v) is 25.6. The highest BCUT2D eigenvalue weighted by atomic mass is 31.2. The predicted molar refractivity (Wildman–Crippen MR) is 158 cm³/mol. The molecule has 0 amide bonds. The quantitative estimate of drug-likeness (QED) is 0.136. The molecule has 0 radical (unpaired) electrons. The first-order chi connectivity index (χ1) is 20.4. The van der Waals surface area contributed by atoms with Gasteiger partial charge < -0.3 is 29.6 Å². The van der Waals surface area contributed by atoms with Crippen LogP contribution in [0.5, 0.6) is 11.6 Å². The lowest BCUT2D eigenvalue weighted by Crippen LogP contribution is -2.43. The van der Waals surface area contributed by atoms with E-state index in [1.54, 1.807) is 48.7 Å². The number of para-hydroxylation sites is 1. The molecule has 15 nitrogen and oxygen atoms in total. The molecule has 43 heavy (non-hydrogen) atoms. The molecule has 0 saturated carbocycles. The van der Waals surface area contributed by atoms with Gasteiger partial charge >= 0.3 is 13.7 Å². The number of nitrogen functional groups attached to an aromatic ring is 1. The van der Waals surface area contributed by atoms with Crippen molar-refractivity contribution in [2.24, 2.45) is 10.9 Å². The number of esters is 1. The molecule has 1 saturated heterocycles. The van der Waals surface area contributed by atoms with Gasteiger partial charge in [-0.05, 0) is 45.5 Å². The largest absolute Gasteiger partial charge is 0.476 e. The fourth-order valence-corrected chi connectivity index (χ4v) is 5.91. The van der Waals surface area contributed by atoms with Crippen molar-refractivity contribution in [2.75, 3.05) is 25.6 Å². The number of aliphatic hydroxyl groups is 1. The molecule has 1 fully saturated rings. The molecule has 234 valence electrons. The molecular formula is C27H38N7O8P. The second-order valence-corrected chi connectivity index (χ2v) is 12.3. The summed E-state index contributed by atoms with van der Waals surface area (Å²) in [6.45, 7) is 12.5. The van der Waals surface area contributed by atoms with Crippen LogP contribution in [0.25, 0.3) is 11.2 Å². The number of ether oxygens (including phenoxy) is 3. The number of benzene rings is 1. The number of carbonyl (C=O) groups excluding carboxylic acids is 1. The molecule has 1 aliphatic rings. The number of hydrogen-bond acceptors (Lipinski definition) is 13. The number of aromatic nitrogens is 4. The first-order valence-electron chi connectivity index (χ1n) is 13.8.